The number of hydrogen-bond acceptors (Lipinski definition) is 5. The molecule has 0 aliphatic heterocycles. The van der Waals surface area contributed by atoms with Gasteiger partial charge in [-0.15, -0.1) is 0 Å². The molecule has 0 radical (unpaired) electrons. The van der Waals surface area contributed by atoms with Crippen LogP contribution in [0.15, 0.2) is 24.3 Å². The van der Waals surface area contributed by atoms with Crippen molar-refractivity contribution in [2.75, 3.05) is 13.2 Å². The molecule has 0 fully saturated rings. The minimum absolute atomic E-state index is 0.0178. The zero-order chi connectivity index (χ0) is 61.3. The van der Waals surface area contributed by atoms with Crippen LogP contribution in [0.2, 0.25) is 0 Å². The van der Waals surface area contributed by atoms with Crippen molar-refractivity contribution in [1.82, 2.24) is 5.32 Å². The van der Waals surface area contributed by atoms with Crippen molar-refractivity contribution in [3.63, 3.8) is 0 Å². The molecule has 0 aliphatic carbocycles. The highest BCUT2D eigenvalue weighted by Crippen LogP contribution is 2.20. The Morgan fingerprint density at radius 1 is 0.318 bits per heavy atom. The van der Waals surface area contributed by atoms with Gasteiger partial charge in [0.25, 0.3) is 0 Å². The highest BCUT2D eigenvalue weighted by Gasteiger charge is 2.20. The fourth-order valence-corrected chi connectivity index (χ4v) is 12.5. The van der Waals surface area contributed by atoms with Crippen molar-refractivity contribution in [2.24, 2.45) is 0 Å². The van der Waals surface area contributed by atoms with Crippen LogP contribution in [0.1, 0.15) is 444 Å². The maximum absolute atomic E-state index is 12.5. The average molecular weight is 1200 g/mol. The summed E-state index contributed by atoms with van der Waals surface area (Å²) < 4.78 is 5.51. The molecule has 0 aromatic heterocycles. The van der Waals surface area contributed by atoms with Crippen LogP contribution >= 0.6 is 0 Å². The molecule has 85 heavy (non-hydrogen) atoms. The summed E-state index contributed by atoms with van der Waals surface area (Å²) in [6.07, 6.45) is 95.5. The molecule has 2 atom stereocenters. The fraction of sp³-hybridized carbons (Fsp3) is 0.924. The summed E-state index contributed by atoms with van der Waals surface area (Å²) in [5.41, 5.74) is 0. The lowest BCUT2D eigenvalue weighted by molar-refractivity contribution is -0.143. The van der Waals surface area contributed by atoms with Crippen molar-refractivity contribution in [1.29, 1.82) is 0 Å². The monoisotopic (exact) mass is 1200 g/mol. The van der Waals surface area contributed by atoms with Crippen molar-refractivity contribution in [3.8, 4) is 0 Å². The third-order valence-electron chi connectivity index (χ3n) is 18.5. The minimum atomic E-state index is -0.661. The number of unbranched alkanes of at least 4 members (excludes halogenated alkanes) is 59. The van der Waals surface area contributed by atoms with E-state index in [1.54, 1.807) is 0 Å². The molecule has 0 aromatic carbocycles. The summed E-state index contributed by atoms with van der Waals surface area (Å²) in [5, 5.41) is 23.4. The molecule has 0 saturated carbocycles. The van der Waals surface area contributed by atoms with Gasteiger partial charge in [0.2, 0.25) is 5.91 Å². The fourth-order valence-electron chi connectivity index (χ4n) is 12.5. The Kier molecular flexibility index (Phi) is 73.3. The molecule has 0 rings (SSSR count). The number of rotatable bonds is 74. The van der Waals surface area contributed by atoms with Crippen LogP contribution in [0, 0.1) is 0 Å². The van der Waals surface area contributed by atoms with Gasteiger partial charge in [-0.25, -0.2) is 0 Å². The average Bonchev–Trinajstić information content (AvgIpc) is 3.51. The zero-order valence-electron chi connectivity index (χ0n) is 57.9. The number of hydrogen-bond donors (Lipinski definition) is 3. The first kappa shape index (κ1) is 83.3. The van der Waals surface area contributed by atoms with Crippen molar-refractivity contribution < 1.29 is 24.5 Å². The lowest BCUT2D eigenvalue weighted by atomic mass is 10.0. The number of allylic oxidation sites excluding steroid dienone is 4. The van der Waals surface area contributed by atoms with E-state index in [0.717, 1.165) is 44.9 Å². The number of amides is 1. The minimum Gasteiger partial charge on any atom is -0.466 e. The van der Waals surface area contributed by atoms with Gasteiger partial charge in [-0.3, -0.25) is 9.59 Å². The Morgan fingerprint density at radius 3 is 0.835 bits per heavy atom. The molecule has 2 unspecified atom stereocenters. The maximum Gasteiger partial charge on any atom is 0.305 e. The molecule has 6 heteroatoms. The number of aliphatic hydroxyl groups is 2. The number of esters is 1. The first-order chi connectivity index (χ1) is 42.0. The number of carbonyl (C=O) groups excluding carboxylic acids is 2. The number of nitrogens with one attached hydrogen (secondary N) is 1. The smallest absolute Gasteiger partial charge is 0.305 e. The van der Waals surface area contributed by atoms with E-state index in [2.05, 4.69) is 43.5 Å². The second-order valence-electron chi connectivity index (χ2n) is 27.0. The molecule has 0 aromatic rings. The summed E-state index contributed by atoms with van der Waals surface area (Å²) in [4.78, 5) is 24.6. The van der Waals surface area contributed by atoms with Gasteiger partial charge in [0, 0.05) is 12.8 Å². The molecule has 0 spiro atoms. The Labute approximate surface area is 532 Å². The second-order valence-corrected chi connectivity index (χ2v) is 27.0. The molecular formula is C79H153NO5. The topological polar surface area (TPSA) is 95.9 Å². The summed E-state index contributed by atoms with van der Waals surface area (Å²) in [5.74, 6) is -0.00976. The number of ether oxygens (including phenoxy) is 1. The molecule has 0 aliphatic rings. The van der Waals surface area contributed by atoms with Gasteiger partial charge in [-0.1, -0.05) is 378 Å². The Balaban J connectivity index is 3.33. The Morgan fingerprint density at radius 2 is 0.553 bits per heavy atom. The highest BCUT2D eigenvalue weighted by molar-refractivity contribution is 5.76. The quantitative estimate of drug-likeness (QED) is 0.0320. The summed E-state index contributed by atoms with van der Waals surface area (Å²) in [7, 11) is 0. The first-order valence-corrected chi connectivity index (χ1v) is 39.1. The van der Waals surface area contributed by atoms with Crippen molar-refractivity contribution >= 4 is 11.9 Å². The third-order valence-corrected chi connectivity index (χ3v) is 18.5. The first-order valence-electron chi connectivity index (χ1n) is 39.1. The molecule has 3 N–H and O–H groups in total. The van der Waals surface area contributed by atoms with E-state index in [-0.39, 0.29) is 18.5 Å². The van der Waals surface area contributed by atoms with Gasteiger partial charge in [0.15, 0.2) is 0 Å². The van der Waals surface area contributed by atoms with Crippen LogP contribution in [-0.4, -0.2) is 47.4 Å². The van der Waals surface area contributed by atoms with Gasteiger partial charge in [0.05, 0.1) is 25.4 Å². The third kappa shape index (κ3) is 71.3. The van der Waals surface area contributed by atoms with Gasteiger partial charge in [-0.05, 0) is 77.0 Å². The molecule has 6 nitrogen and oxygen atoms in total. The summed E-state index contributed by atoms with van der Waals surface area (Å²) in [6, 6.07) is -0.538. The Hall–Kier alpha value is -1.66. The van der Waals surface area contributed by atoms with E-state index in [1.807, 2.05) is 0 Å². The van der Waals surface area contributed by atoms with E-state index in [0.29, 0.717) is 25.9 Å². The van der Waals surface area contributed by atoms with Crippen LogP contribution < -0.4 is 5.32 Å². The van der Waals surface area contributed by atoms with Crippen LogP contribution in [0.5, 0.6) is 0 Å². The lowest BCUT2D eigenvalue weighted by Gasteiger charge is -2.22. The van der Waals surface area contributed by atoms with E-state index < -0.39 is 12.1 Å². The lowest BCUT2D eigenvalue weighted by Crippen LogP contribution is -2.45. The van der Waals surface area contributed by atoms with Gasteiger partial charge in [-0.2, -0.15) is 0 Å². The molecule has 0 saturated heterocycles. The molecule has 1 amide bonds. The van der Waals surface area contributed by atoms with E-state index in [9.17, 15) is 19.8 Å². The van der Waals surface area contributed by atoms with Crippen LogP contribution in [0.3, 0.4) is 0 Å². The van der Waals surface area contributed by atoms with Crippen molar-refractivity contribution in [2.45, 2.75) is 456 Å². The second kappa shape index (κ2) is 74.8. The maximum atomic E-state index is 12.5. The number of aliphatic hydroxyl groups excluding tert-OH is 2. The van der Waals surface area contributed by atoms with Gasteiger partial charge < -0.3 is 20.3 Å². The van der Waals surface area contributed by atoms with Crippen molar-refractivity contribution in [3.05, 3.63) is 24.3 Å². The van der Waals surface area contributed by atoms with Crippen LogP contribution in [0.25, 0.3) is 0 Å². The van der Waals surface area contributed by atoms with E-state index in [1.165, 1.54) is 366 Å². The standard InChI is InChI=1S/C79H153NO5/c1-3-5-7-9-11-13-15-17-19-40-45-49-53-57-61-65-69-73-79(84)85-74-70-66-62-58-54-50-46-42-39-37-35-33-31-29-27-25-23-21-22-24-26-28-30-32-34-36-38-41-44-48-52-56-60-64-68-72-78(83)80-76(75-81)77(82)71-67-63-59-55-51-47-43-20-18-16-14-12-10-8-6-4-2/h17,19,23,25,76-77,81-82H,3-16,18,20-22,24,26-75H2,1-2H3,(H,80,83)/b19-17-,25-23-. The molecular weight excluding hydrogens is 1040 g/mol. The predicted molar refractivity (Wildman–Crippen MR) is 375 cm³/mol. The summed E-state index contributed by atoms with van der Waals surface area (Å²) in [6.45, 7) is 4.99. The van der Waals surface area contributed by atoms with E-state index in [4.69, 9.17) is 4.74 Å². The normalized spacial score (nSPS) is 12.6. The summed E-state index contributed by atoms with van der Waals surface area (Å²) >= 11 is 0. The molecule has 0 heterocycles. The van der Waals surface area contributed by atoms with Gasteiger partial charge >= 0.3 is 5.97 Å². The van der Waals surface area contributed by atoms with Crippen LogP contribution in [0.4, 0.5) is 0 Å². The molecule has 0 bridgehead atoms. The highest BCUT2D eigenvalue weighted by atomic mass is 16.5. The largest absolute Gasteiger partial charge is 0.466 e. The predicted octanol–water partition coefficient (Wildman–Crippen LogP) is 25.7. The SMILES string of the molecule is CCCCCCCC/C=C\CCCCCCCCCC(=O)OCCCCCCCCCCCCCCCC/C=C\CCCCCCCCCCCCCCCCCCCC(=O)NC(CO)C(O)CCCCCCCCCCCCCCCCCC. The van der Waals surface area contributed by atoms with E-state index >= 15 is 0 Å². The number of carbonyl (C=O) groups is 2. The van der Waals surface area contributed by atoms with Gasteiger partial charge in [0.1, 0.15) is 0 Å². The molecule has 504 valence electrons. The zero-order valence-corrected chi connectivity index (χ0v) is 57.9. The van der Waals surface area contributed by atoms with Crippen LogP contribution in [-0.2, 0) is 14.3 Å². The Bertz CT molecular complexity index is 1330.